The van der Waals surface area contributed by atoms with Gasteiger partial charge in [-0.1, -0.05) is 0 Å². The van der Waals surface area contributed by atoms with Crippen molar-refractivity contribution in [2.24, 2.45) is 5.92 Å². The molecule has 5 nitrogen and oxygen atoms in total. The summed E-state index contributed by atoms with van der Waals surface area (Å²) in [6.07, 6.45) is 0.763. The van der Waals surface area contributed by atoms with Gasteiger partial charge in [0, 0.05) is 0 Å². The number of hydrogen-bond donors (Lipinski definition) is 2. The average molecular weight is 215 g/mol. The van der Waals surface area contributed by atoms with Crippen molar-refractivity contribution in [1.29, 1.82) is 0 Å². The Morgan fingerprint density at radius 3 is 2.33 bits per heavy atom. The van der Waals surface area contributed by atoms with Crippen LogP contribution in [-0.2, 0) is 9.53 Å². The van der Waals surface area contributed by atoms with Crippen LogP contribution >= 0.6 is 0 Å². The lowest BCUT2D eigenvalue weighted by Gasteiger charge is -2.26. The monoisotopic (exact) mass is 215 g/mol. The molecule has 1 aliphatic rings. The Morgan fingerprint density at radius 1 is 1.47 bits per heavy atom. The molecule has 1 rings (SSSR count). The fourth-order valence-electron chi connectivity index (χ4n) is 1.45. The van der Waals surface area contributed by atoms with Crippen LogP contribution in [0, 0.1) is 5.92 Å². The van der Waals surface area contributed by atoms with E-state index >= 15 is 0 Å². The number of carbonyl (C=O) groups is 2. The van der Waals surface area contributed by atoms with E-state index in [0.29, 0.717) is 0 Å². The van der Waals surface area contributed by atoms with Gasteiger partial charge in [0.2, 0.25) is 0 Å². The topological polar surface area (TPSA) is 75.6 Å². The summed E-state index contributed by atoms with van der Waals surface area (Å²) in [4.78, 5) is 22.4. The van der Waals surface area contributed by atoms with Gasteiger partial charge in [-0.15, -0.1) is 0 Å². The van der Waals surface area contributed by atoms with E-state index in [4.69, 9.17) is 9.84 Å². The lowest BCUT2D eigenvalue weighted by atomic mass is 9.96. The summed E-state index contributed by atoms with van der Waals surface area (Å²) in [7, 11) is 0. The second-order valence-electron chi connectivity index (χ2n) is 4.36. The quantitative estimate of drug-likeness (QED) is 0.742. The number of nitrogens with one attached hydrogen (secondary N) is 1. The zero-order chi connectivity index (χ0) is 11.6. The number of aliphatic carboxylic acids is 1. The normalized spacial score (nSPS) is 19.5. The van der Waals surface area contributed by atoms with E-state index in [0.717, 1.165) is 12.8 Å². The van der Waals surface area contributed by atoms with Crippen LogP contribution in [0.25, 0.3) is 0 Å². The van der Waals surface area contributed by atoms with E-state index in [9.17, 15) is 9.59 Å². The number of carboxylic acid groups (broad SMARTS) is 1. The molecular weight excluding hydrogens is 198 g/mol. The third-order valence-corrected chi connectivity index (χ3v) is 2.54. The van der Waals surface area contributed by atoms with Crippen molar-refractivity contribution in [2.75, 3.05) is 0 Å². The van der Waals surface area contributed by atoms with Crippen LogP contribution in [0.1, 0.15) is 33.6 Å². The summed E-state index contributed by atoms with van der Waals surface area (Å²) in [5.74, 6) is -0.986. The third-order valence-electron chi connectivity index (χ3n) is 2.54. The minimum absolute atomic E-state index is 0.0229. The van der Waals surface area contributed by atoms with Crippen LogP contribution in [0.4, 0.5) is 4.79 Å². The molecule has 1 amide bonds. The molecule has 0 aromatic heterocycles. The molecule has 1 atom stereocenters. The van der Waals surface area contributed by atoms with E-state index in [1.54, 1.807) is 13.8 Å². The predicted molar refractivity (Wildman–Crippen MR) is 53.5 cm³/mol. The molecule has 0 saturated heterocycles. The molecule has 0 aliphatic heterocycles. The SMILES string of the molecule is CC(C)OC(=O)NC(C)(C(=O)O)C1CC1. The Kier molecular flexibility index (Phi) is 3.21. The minimum Gasteiger partial charge on any atom is -0.480 e. The van der Waals surface area contributed by atoms with Crippen molar-refractivity contribution in [3.05, 3.63) is 0 Å². The molecule has 2 N–H and O–H groups in total. The van der Waals surface area contributed by atoms with E-state index in [1.807, 2.05) is 0 Å². The van der Waals surface area contributed by atoms with Crippen molar-refractivity contribution in [3.63, 3.8) is 0 Å². The lowest BCUT2D eigenvalue weighted by Crippen LogP contribution is -2.54. The predicted octanol–water partition coefficient (Wildman–Crippen LogP) is 1.37. The highest BCUT2D eigenvalue weighted by Crippen LogP contribution is 2.39. The van der Waals surface area contributed by atoms with Gasteiger partial charge in [-0.3, -0.25) is 0 Å². The van der Waals surface area contributed by atoms with Gasteiger partial charge >= 0.3 is 12.1 Å². The van der Waals surface area contributed by atoms with Crippen molar-refractivity contribution >= 4 is 12.1 Å². The van der Waals surface area contributed by atoms with Crippen LogP contribution < -0.4 is 5.32 Å². The maximum atomic E-state index is 11.3. The zero-order valence-corrected chi connectivity index (χ0v) is 9.24. The molecule has 15 heavy (non-hydrogen) atoms. The highest BCUT2D eigenvalue weighted by molar-refractivity contribution is 5.84. The van der Waals surface area contributed by atoms with Crippen LogP contribution in [0.5, 0.6) is 0 Å². The summed E-state index contributed by atoms with van der Waals surface area (Å²) in [5, 5.41) is 11.5. The van der Waals surface area contributed by atoms with Gasteiger partial charge in [0.25, 0.3) is 0 Å². The molecule has 1 fully saturated rings. The molecule has 0 bridgehead atoms. The minimum atomic E-state index is -1.19. The molecule has 1 saturated carbocycles. The van der Waals surface area contributed by atoms with Crippen LogP contribution in [0.3, 0.4) is 0 Å². The Balaban J connectivity index is 2.59. The summed E-state index contributed by atoms with van der Waals surface area (Å²) >= 11 is 0. The van der Waals surface area contributed by atoms with Gasteiger partial charge in [0.05, 0.1) is 6.10 Å². The molecule has 86 valence electrons. The second kappa shape index (κ2) is 4.08. The molecular formula is C10H17NO4. The highest BCUT2D eigenvalue weighted by Gasteiger charge is 2.49. The Hall–Kier alpha value is -1.26. The molecule has 0 radical (unpaired) electrons. The zero-order valence-electron chi connectivity index (χ0n) is 9.24. The average Bonchev–Trinajstić information content (AvgIpc) is 2.82. The Labute approximate surface area is 88.8 Å². The molecule has 0 aromatic carbocycles. The van der Waals surface area contributed by atoms with E-state index < -0.39 is 17.6 Å². The van der Waals surface area contributed by atoms with Crippen LogP contribution in [0.15, 0.2) is 0 Å². The maximum Gasteiger partial charge on any atom is 0.408 e. The Morgan fingerprint density at radius 2 is 2.00 bits per heavy atom. The Bertz CT molecular complexity index is 273. The number of carboxylic acids is 1. The number of alkyl carbamates (subject to hydrolysis) is 1. The number of carbonyl (C=O) groups excluding carboxylic acids is 1. The van der Waals surface area contributed by atoms with Crippen LogP contribution in [0.2, 0.25) is 0 Å². The van der Waals surface area contributed by atoms with Crippen LogP contribution in [-0.4, -0.2) is 28.8 Å². The first-order chi connectivity index (χ1) is 6.86. The molecule has 0 spiro atoms. The van der Waals surface area contributed by atoms with Gasteiger partial charge in [0.1, 0.15) is 5.54 Å². The first-order valence-corrected chi connectivity index (χ1v) is 5.08. The lowest BCUT2D eigenvalue weighted by molar-refractivity contribution is -0.144. The molecule has 1 unspecified atom stereocenters. The molecule has 0 heterocycles. The second-order valence-corrected chi connectivity index (χ2v) is 4.36. The van der Waals surface area contributed by atoms with Crippen molar-refractivity contribution in [1.82, 2.24) is 5.32 Å². The van der Waals surface area contributed by atoms with E-state index in [1.165, 1.54) is 6.92 Å². The standard InChI is InChI=1S/C10H17NO4/c1-6(2)15-9(14)11-10(3,8(12)13)7-4-5-7/h6-7H,4-5H2,1-3H3,(H,11,14)(H,12,13). The van der Waals surface area contributed by atoms with Crippen molar-refractivity contribution < 1.29 is 19.4 Å². The summed E-state index contributed by atoms with van der Waals surface area (Å²) < 4.78 is 4.86. The van der Waals surface area contributed by atoms with Gasteiger partial charge in [-0.25, -0.2) is 9.59 Å². The largest absolute Gasteiger partial charge is 0.480 e. The van der Waals surface area contributed by atoms with Gasteiger partial charge in [0.15, 0.2) is 0 Å². The summed E-state index contributed by atoms with van der Waals surface area (Å²) in [6, 6.07) is 0. The first kappa shape index (κ1) is 11.8. The third kappa shape index (κ3) is 2.84. The number of ether oxygens (including phenoxy) is 1. The number of amides is 1. The molecule has 1 aliphatic carbocycles. The number of rotatable bonds is 4. The molecule has 5 heteroatoms. The first-order valence-electron chi connectivity index (χ1n) is 5.08. The van der Waals surface area contributed by atoms with Crippen molar-refractivity contribution in [3.8, 4) is 0 Å². The fourth-order valence-corrected chi connectivity index (χ4v) is 1.45. The van der Waals surface area contributed by atoms with Gasteiger partial charge in [-0.05, 0) is 39.5 Å². The van der Waals surface area contributed by atoms with Crippen molar-refractivity contribution in [2.45, 2.75) is 45.3 Å². The van der Waals surface area contributed by atoms with E-state index in [2.05, 4.69) is 5.32 Å². The summed E-state index contributed by atoms with van der Waals surface area (Å²) in [5.41, 5.74) is -1.19. The fraction of sp³-hybridized carbons (Fsp3) is 0.800. The number of hydrogen-bond acceptors (Lipinski definition) is 3. The van der Waals surface area contributed by atoms with Gasteiger partial charge < -0.3 is 15.2 Å². The smallest absolute Gasteiger partial charge is 0.408 e. The van der Waals surface area contributed by atoms with E-state index in [-0.39, 0.29) is 12.0 Å². The maximum absolute atomic E-state index is 11.3. The molecule has 0 aromatic rings. The highest BCUT2D eigenvalue weighted by atomic mass is 16.6. The van der Waals surface area contributed by atoms with Gasteiger partial charge in [-0.2, -0.15) is 0 Å². The summed E-state index contributed by atoms with van der Waals surface area (Å²) in [6.45, 7) is 4.96.